The second kappa shape index (κ2) is 1.95. The van der Waals surface area contributed by atoms with E-state index < -0.39 is 0 Å². The Kier molecular flexibility index (Phi) is 1.10. The van der Waals surface area contributed by atoms with Crippen molar-refractivity contribution in [3.05, 3.63) is 11.3 Å². The third-order valence-corrected chi connectivity index (χ3v) is 1.95. The second-order valence-corrected chi connectivity index (χ2v) is 3.00. The van der Waals surface area contributed by atoms with E-state index in [-0.39, 0.29) is 0 Å². The van der Waals surface area contributed by atoms with Crippen LogP contribution in [0.15, 0.2) is 6.33 Å². The van der Waals surface area contributed by atoms with Crippen molar-refractivity contribution in [3.8, 4) is 0 Å². The maximum absolute atomic E-state index is 4.10. The highest BCUT2D eigenvalue weighted by atomic mass is 32.1. The van der Waals surface area contributed by atoms with Gasteiger partial charge in [-0.15, -0.1) is 10.2 Å². The molecule has 0 spiro atoms. The van der Waals surface area contributed by atoms with E-state index in [0.29, 0.717) is 5.65 Å². The molecule has 2 rings (SSSR count). The van der Waals surface area contributed by atoms with Crippen LogP contribution in [-0.4, -0.2) is 20.2 Å². The average molecular weight is 152 g/mol. The summed E-state index contributed by atoms with van der Waals surface area (Å²) in [5.74, 6) is 0. The maximum atomic E-state index is 4.10. The first-order chi connectivity index (χ1) is 4.86. The van der Waals surface area contributed by atoms with Gasteiger partial charge >= 0.3 is 0 Å². The first-order valence-electron chi connectivity index (χ1n) is 2.77. The van der Waals surface area contributed by atoms with Gasteiger partial charge in [0, 0.05) is 0 Å². The van der Waals surface area contributed by atoms with E-state index >= 15 is 0 Å². The standard InChI is InChI=1S/C5H4N4S/c1-3-8-4-5(10-3)6-2-7-9-4/h2H,1H3. The lowest BCUT2D eigenvalue weighted by molar-refractivity contribution is 1.01. The summed E-state index contributed by atoms with van der Waals surface area (Å²) in [4.78, 5) is 8.93. The predicted octanol–water partition coefficient (Wildman–Crippen LogP) is 0.790. The third-order valence-electron chi connectivity index (χ3n) is 1.08. The minimum absolute atomic E-state index is 0.644. The topological polar surface area (TPSA) is 51.6 Å². The summed E-state index contributed by atoms with van der Waals surface area (Å²) in [6.07, 6.45) is 1.43. The number of aryl methyl sites for hydroxylation is 1. The van der Waals surface area contributed by atoms with E-state index in [4.69, 9.17) is 0 Å². The van der Waals surface area contributed by atoms with Crippen molar-refractivity contribution in [1.82, 2.24) is 20.2 Å². The van der Waals surface area contributed by atoms with Gasteiger partial charge in [0.1, 0.15) is 6.33 Å². The molecule has 2 aromatic rings. The number of nitrogens with zero attached hydrogens (tertiary/aromatic N) is 4. The Balaban J connectivity index is 2.88. The van der Waals surface area contributed by atoms with Crippen LogP contribution in [0.25, 0.3) is 10.5 Å². The predicted molar refractivity (Wildman–Crippen MR) is 37.7 cm³/mol. The first-order valence-corrected chi connectivity index (χ1v) is 3.59. The Hall–Kier alpha value is -1.10. The van der Waals surface area contributed by atoms with Gasteiger partial charge in [0.05, 0.1) is 5.01 Å². The molecule has 4 nitrogen and oxygen atoms in total. The number of hydrogen-bond donors (Lipinski definition) is 0. The van der Waals surface area contributed by atoms with Gasteiger partial charge in [0.25, 0.3) is 0 Å². The molecule has 10 heavy (non-hydrogen) atoms. The van der Waals surface area contributed by atoms with Gasteiger partial charge in [0.15, 0.2) is 4.83 Å². The van der Waals surface area contributed by atoms with Crippen LogP contribution in [0, 0.1) is 6.92 Å². The maximum Gasteiger partial charge on any atom is 0.211 e. The molecule has 0 aromatic carbocycles. The highest BCUT2D eigenvalue weighted by Gasteiger charge is 1.99. The largest absolute Gasteiger partial charge is 0.220 e. The monoisotopic (exact) mass is 152 g/mol. The molecular weight excluding hydrogens is 148 g/mol. The fraction of sp³-hybridized carbons (Fsp3) is 0.200. The Labute approximate surface area is 61.0 Å². The van der Waals surface area contributed by atoms with Crippen LogP contribution in [0.5, 0.6) is 0 Å². The lowest BCUT2D eigenvalue weighted by atomic mass is 10.7. The molecule has 5 heteroatoms. The van der Waals surface area contributed by atoms with Crippen molar-refractivity contribution in [1.29, 1.82) is 0 Å². The summed E-state index contributed by atoms with van der Waals surface area (Å²) in [5, 5.41) is 8.37. The third kappa shape index (κ3) is 0.750. The van der Waals surface area contributed by atoms with Crippen molar-refractivity contribution < 1.29 is 0 Å². The van der Waals surface area contributed by atoms with Gasteiger partial charge in [-0.3, -0.25) is 0 Å². The van der Waals surface area contributed by atoms with Crippen molar-refractivity contribution >= 4 is 21.8 Å². The molecule has 0 atom stereocenters. The Morgan fingerprint density at radius 3 is 3.20 bits per heavy atom. The molecule has 0 aliphatic heterocycles. The fourth-order valence-corrected chi connectivity index (χ4v) is 1.40. The zero-order chi connectivity index (χ0) is 6.97. The van der Waals surface area contributed by atoms with Gasteiger partial charge in [-0.25, -0.2) is 9.97 Å². The minimum atomic E-state index is 0.644. The van der Waals surface area contributed by atoms with E-state index in [2.05, 4.69) is 20.2 Å². The summed E-state index contributed by atoms with van der Waals surface area (Å²) < 4.78 is 0. The molecule has 0 N–H and O–H groups in total. The molecule has 0 aliphatic rings. The van der Waals surface area contributed by atoms with E-state index in [1.807, 2.05) is 6.92 Å². The molecule has 0 bridgehead atoms. The van der Waals surface area contributed by atoms with E-state index in [1.54, 1.807) is 0 Å². The number of rotatable bonds is 0. The molecule has 0 unspecified atom stereocenters. The zero-order valence-electron chi connectivity index (χ0n) is 5.27. The summed E-state index contributed by atoms with van der Waals surface area (Å²) in [7, 11) is 0. The molecule has 2 heterocycles. The number of thiazole rings is 1. The van der Waals surface area contributed by atoms with Gasteiger partial charge in [-0.1, -0.05) is 11.3 Å². The Morgan fingerprint density at radius 2 is 2.40 bits per heavy atom. The number of aromatic nitrogens is 4. The van der Waals surface area contributed by atoms with Crippen LogP contribution in [-0.2, 0) is 0 Å². The Bertz CT molecular complexity index is 322. The zero-order valence-corrected chi connectivity index (χ0v) is 6.09. The van der Waals surface area contributed by atoms with Crippen molar-refractivity contribution in [2.24, 2.45) is 0 Å². The smallest absolute Gasteiger partial charge is 0.211 e. The van der Waals surface area contributed by atoms with Gasteiger partial charge in [-0.2, -0.15) is 0 Å². The molecule has 0 amide bonds. The van der Waals surface area contributed by atoms with Crippen LogP contribution < -0.4 is 0 Å². The summed E-state index contributed by atoms with van der Waals surface area (Å²) in [6.45, 7) is 1.92. The van der Waals surface area contributed by atoms with Crippen LogP contribution >= 0.6 is 11.3 Å². The van der Waals surface area contributed by atoms with Crippen molar-refractivity contribution in [2.75, 3.05) is 0 Å². The average Bonchev–Trinajstić information content (AvgIpc) is 2.27. The Morgan fingerprint density at radius 1 is 1.50 bits per heavy atom. The quantitative estimate of drug-likeness (QED) is 0.560. The normalized spacial score (nSPS) is 10.5. The molecule has 2 aromatic heterocycles. The van der Waals surface area contributed by atoms with E-state index in [1.165, 1.54) is 17.7 Å². The van der Waals surface area contributed by atoms with Crippen molar-refractivity contribution in [3.63, 3.8) is 0 Å². The lowest BCUT2D eigenvalue weighted by Gasteiger charge is -1.78. The van der Waals surface area contributed by atoms with E-state index in [9.17, 15) is 0 Å². The minimum Gasteiger partial charge on any atom is -0.220 e. The van der Waals surface area contributed by atoms with Gasteiger partial charge < -0.3 is 0 Å². The van der Waals surface area contributed by atoms with Gasteiger partial charge in [0.2, 0.25) is 5.65 Å². The van der Waals surface area contributed by atoms with E-state index in [0.717, 1.165) is 9.84 Å². The SMILES string of the molecule is Cc1nc2nncnc2s1. The molecule has 0 saturated heterocycles. The first kappa shape index (κ1) is 5.67. The van der Waals surface area contributed by atoms with Crippen LogP contribution in [0.1, 0.15) is 5.01 Å². The lowest BCUT2D eigenvalue weighted by Crippen LogP contribution is -1.82. The number of hydrogen-bond acceptors (Lipinski definition) is 5. The van der Waals surface area contributed by atoms with Crippen LogP contribution in [0.4, 0.5) is 0 Å². The molecule has 0 radical (unpaired) electrons. The second-order valence-electron chi connectivity index (χ2n) is 1.82. The summed E-state index contributed by atoms with van der Waals surface area (Å²) >= 11 is 1.53. The highest BCUT2D eigenvalue weighted by Crippen LogP contribution is 2.14. The molecule has 0 saturated carbocycles. The molecule has 50 valence electrons. The molecule has 0 aliphatic carbocycles. The van der Waals surface area contributed by atoms with Crippen LogP contribution in [0.3, 0.4) is 0 Å². The number of fused-ring (bicyclic) bond motifs is 1. The molecule has 0 fully saturated rings. The highest BCUT2D eigenvalue weighted by molar-refractivity contribution is 7.18. The molecular formula is C5H4N4S. The summed E-state index contributed by atoms with van der Waals surface area (Å²) in [5.41, 5.74) is 0.644. The van der Waals surface area contributed by atoms with Gasteiger partial charge in [-0.05, 0) is 6.92 Å². The fourth-order valence-electron chi connectivity index (χ4n) is 0.713. The summed E-state index contributed by atoms with van der Waals surface area (Å²) in [6, 6.07) is 0. The van der Waals surface area contributed by atoms with Crippen LogP contribution in [0.2, 0.25) is 0 Å². The van der Waals surface area contributed by atoms with Crippen molar-refractivity contribution in [2.45, 2.75) is 6.92 Å².